The minimum Gasteiger partial charge on any atom is -0.771 e. The van der Waals surface area contributed by atoms with Gasteiger partial charge in [0.05, 0.1) is 50.7 Å². The third kappa shape index (κ3) is 11.2. The Bertz CT molecular complexity index is 1020. The van der Waals surface area contributed by atoms with Crippen LogP contribution in [0.2, 0.25) is 0 Å². The Kier molecular flexibility index (Phi) is 15.1. The van der Waals surface area contributed by atoms with Gasteiger partial charge in [-0.1, -0.05) is 0 Å². The van der Waals surface area contributed by atoms with Crippen molar-refractivity contribution in [3.8, 4) is 11.5 Å². The van der Waals surface area contributed by atoms with Crippen molar-refractivity contribution in [2.75, 3.05) is 28.4 Å². The molecule has 14 nitrogen and oxygen atoms in total. The van der Waals surface area contributed by atoms with E-state index in [0.29, 0.717) is 0 Å². The van der Waals surface area contributed by atoms with Crippen LogP contribution in [-0.4, -0.2) is 52.3 Å². The van der Waals surface area contributed by atoms with Crippen LogP contribution < -0.4 is 18.8 Å². The zero-order valence-electron chi connectivity index (χ0n) is 19.5. The van der Waals surface area contributed by atoms with Crippen molar-refractivity contribution >= 4 is 40.4 Å². The summed E-state index contributed by atoms with van der Waals surface area (Å²) in [6.45, 7) is 0. The molecule has 0 spiro atoms. The Labute approximate surface area is 222 Å². The monoisotopic (exact) mass is 609 g/mol. The normalized spacial score (nSPS) is 11.2. The molecule has 0 amide bonds. The maximum atomic E-state index is 11.3. The molecule has 0 aromatic heterocycles. The smallest absolute Gasteiger partial charge is 0.771 e. The molecule has 37 heavy (non-hydrogen) atoms. The molecule has 0 heterocycles. The minimum atomic E-state index is -3.49. The first-order valence-corrected chi connectivity index (χ1v) is 11.8. The summed E-state index contributed by atoms with van der Waals surface area (Å²) in [7, 11) is -2.35. The van der Waals surface area contributed by atoms with E-state index in [1.54, 1.807) is 0 Å². The van der Waals surface area contributed by atoms with Crippen LogP contribution in [0.3, 0.4) is 0 Å². The molecular weight excluding hydrogens is 590 g/mol. The second kappa shape index (κ2) is 16.5. The van der Waals surface area contributed by atoms with Crippen molar-refractivity contribution in [2.45, 2.75) is 0 Å². The molecule has 2 aromatic rings. The standard InChI is InChI=1S/2C10H11O7P.Cu/c2*1-15-9(11)6-3-7(10(12)16-2)5-8(4-6)17-18(13)14;/h2*3-5,18H,1-2H3,(H,13,14);/q;;+2/p-2. The van der Waals surface area contributed by atoms with Crippen molar-refractivity contribution in [3.05, 3.63) is 58.7 Å². The molecule has 0 bridgehead atoms. The summed E-state index contributed by atoms with van der Waals surface area (Å²) >= 11 is 0. The Balaban J connectivity index is 0.000000682. The quantitative estimate of drug-likeness (QED) is 0.176. The van der Waals surface area contributed by atoms with Crippen molar-refractivity contribution in [3.63, 3.8) is 0 Å². The molecule has 2 aromatic carbocycles. The predicted molar refractivity (Wildman–Crippen MR) is 118 cm³/mol. The van der Waals surface area contributed by atoms with E-state index in [2.05, 4.69) is 28.0 Å². The van der Waals surface area contributed by atoms with E-state index in [1.807, 2.05) is 0 Å². The second-order valence-corrected chi connectivity index (χ2v) is 7.57. The molecule has 0 saturated heterocycles. The molecule has 2 atom stereocenters. The molecule has 17 heteroatoms. The predicted octanol–water partition coefficient (Wildman–Crippen LogP) is 0.775. The average Bonchev–Trinajstić information content (AvgIpc) is 2.85. The van der Waals surface area contributed by atoms with E-state index in [9.17, 15) is 38.1 Å². The van der Waals surface area contributed by atoms with Crippen molar-refractivity contribution in [2.24, 2.45) is 0 Å². The van der Waals surface area contributed by atoms with Gasteiger partial charge in [-0.3, -0.25) is 9.13 Å². The zero-order valence-corrected chi connectivity index (χ0v) is 22.4. The van der Waals surface area contributed by atoms with Crippen LogP contribution in [0.5, 0.6) is 11.5 Å². The van der Waals surface area contributed by atoms with Gasteiger partial charge in [-0.25, -0.2) is 19.2 Å². The van der Waals surface area contributed by atoms with E-state index in [1.165, 1.54) is 12.1 Å². The first kappa shape index (κ1) is 33.8. The largest absolute Gasteiger partial charge is 2.00 e. The fraction of sp³-hybridized carbons (Fsp3) is 0.200. The van der Waals surface area contributed by atoms with Gasteiger partial charge < -0.3 is 37.8 Å². The number of carbonyl (C=O) groups excluding carboxylic acids is 4. The van der Waals surface area contributed by atoms with Gasteiger partial charge in [0.1, 0.15) is 11.5 Å². The fourth-order valence-electron chi connectivity index (χ4n) is 2.45. The van der Waals surface area contributed by atoms with Gasteiger partial charge in [-0.05, 0) is 36.4 Å². The second-order valence-electron chi connectivity index (χ2n) is 6.16. The van der Waals surface area contributed by atoms with Gasteiger partial charge in [0.2, 0.25) is 0 Å². The van der Waals surface area contributed by atoms with E-state index in [4.69, 9.17) is 0 Å². The Morgan fingerprint density at radius 1 is 0.541 bits per heavy atom. The molecule has 205 valence electrons. The average molecular weight is 610 g/mol. The van der Waals surface area contributed by atoms with Crippen molar-refractivity contribution in [1.29, 1.82) is 0 Å². The molecular formula is C20H20CuO14P2. The van der Waals surface area contributed by atoms with Crippen molar-refractivity contribution in [1.82, 2.24) is 0 Å². The number of esters is 4. The third-order valence-corrected chi connectivity index (χ3v) is 4.70. The van der Waals surface area contributed by atoms with E-state index >= 15 is 0 Å². The summed E-state index contributed by atoms with van der Waals surface area (Å²) in [6.07, 6.45) is 0. The summed E-state index contributed by atoms with van der Waals surface area (Å²) in [5.41, 5.74) is -0.0606. The Hall–Kier alpha value is -3.18. The summed E-state index contributed by atoms with van der Waals surface area (Å²) in [6, 6.07) is 7.04. The molecule has 1 radical (unpaired) electrons. The zero-order chi connectivity index (χ0) is 27.4. The first-order chi connectivity index (χ1) is 16.9. The molecule has 0 fully saturated rings. The maximum absolute atomic E-state index is 11.3. The van der Waals surface area contributed by atoms with Gasteiger partial charge in [-0.2, -0.15) is 0 Å². The third-order valence-electron chi connectivity index (χ3n) is 3.90. The molecule has 0 saturated carbocycles. The topological polar surface area (TPSA) is 204 Å². The summed E-state index contributed by atoms with van der Waals surface area (Å²) in [5.74, 6) is -3.21. The summed E-state index contributed by atoms with van der Waals surface area (Å²) in [5, 5.41) is 0. The molecule has 0 N–H and O–H groups in total. The SMILES string of the molecule is COC(=O)c1cc(O[PH](=O)[O-])cc(C(=O)OC)c1.COC(=O)c1cc(O[PH](=O)[O-])cc(C(=O)OC)c1.[Cu+2]. The van der Waals surface area contributed by atoms with Crippen LogP contribution in [-0.2, 0) is 45.1 Å². The van der Waals surface area contributed by atoms with E-state index < -0.39 is 40.4 Å². The number of methoxy groups -OCH3 is 4. The van der Waals surface area contributed by atoms with Gasteiger partial charge in [0, 0.05) is 0 Å². The molecule has 0 aliphatic heterocycles. The Morgan fingerprint density at radius 3 is 0.919 bits per heavy atom. The summed E-state index contributed by atoms with van der Waals surface area (Å²) in [4.78, 5) is 66.3. The number of hydrogen-bond acceptors (Lipinski definition) is 14. The number of carbonyl (C=O) groups is 4. The van der Waals surface area contributed by atoms with Crippen LogP contribution in [0.1, 0.15) is 41.4 Å². The van der Waals surface area contributed by atoms with Gasteiger partial charge in [-0.15, -0.1) is 0 Å². The van der Waals surface area contributed by atoms with E-state index in [0.717, 1.165) is 52.7 Å². The number of ether oxygens (including phenoxy) is 4. The van der Waals surface area contributed by atoms with E-state index in [-0.39, 0.29) is 50.8 Å². The van der Waals surface area contributed by atoms with Gasteiger partial charge in [0.15, 0.2) is 16.5 Å². The molecule has 2 rings (SSSR count). The van der Waals surface area contributed by atoms with Crippen LogP contribution in [0.25, 0.3) is 0 Å². The first-order valence-electron chi connectivity index (χ1n) is 9.36. The summed E-state index contributed by atoms with van der Waals surface area (Å²) < 4.78 is 47.8. The van der Waals surface area contributed by atoms with Crippen LogP contribution >= 0.6 is 16.5 Å². The van der Waals surface area contributed by atoms with Crippen LogP contribution in [0.4, 0.5) is 0 Å². The molecule has 2 unspecified atom stereocenters. The number of hydrogen-bond donors (Lipinski definition) is 0. The van der Waals surface area contributed by atoms with Gasteiger partial charge >= 0.3 is 40.9 Å². The van der Waals surface area contributed by atoms with Crippen molar-refractivity contribution < 1.29 is 83.2 Å². The van der Waals surface area contributed by atoms with Gasteiger partial charge in [0.25, 0.3) is 0 Å². The van der Waals surface area contributed by atoms with Crippen LogP contribution in [0.15, 0.2) is 36.4 Å². The Morgan fingerprint density at radius 2 is 0.757 bits per heavy atom. The molecule has 0 aliphatic carbocycles. The fourth-order valence-corrected chi connectivity index (χ4v) is 3.07. The van der Waals surface area contributed by atoms with Crippen LogP contribution in [0, 0.1) is 0 Å². The minimum absolute atomic E-state index is 0. The maximum Gasteiger partial charge on any atom is 2.00 e. The number of benzene rings is 2. The number of rotatable bonds is 8. The molecule has 0 aliphatic rings.